The van der Waals surface area contributed by atoms with Crippen LogP contribution >= 0.6 is 0 Å². The average Bonchev–Trinajstić information content (AvgIpc) is 2.51. The zero-order valence-corrected chi connectivity index (χ0v) is 12.0. The summed E-state index contributed by atoms with van der Waals surface area (Å²) >= 11 is 0. The molecule has 0 aliphatic rings. The number of hydrogen-bond acceptors (Lipinski definition) is 5. The maximum Gasteiger partial charge on any atom is 0.271 e. The van der Waals surface area contributed by atoms with Crippen molar-refractivity contribution in [3.05, 3.63) is 53.6 Å². The van der Waals surface area contributed by atoms with Crippen molar-refractivity contribution in [1.29, 1.82) is 0 Å². The Kier molecular flexibility index (Phi) is 4.98. The molecular weight excluding hydrogens is 284 g/mol. The van der Waals surface area contributed by atoms with Crippen LogP contribution in [0.25, 0.3) is 0 Å². The fraction of sp³-hybridized carbons (Fsp3) is 0.125. The predicted molar refractivity (Wildman–Crippen MR) is 82.4 cm³/mol. The third-order valence-corrected chi connectivity index (χ3v) is 2.79. The van der Waals surface area contributed by atoms with E-state index in [1.54, 1.807) is 12.1 Å². The molecule has 0 heterocycles. The lowest BCUT2D eigenvalue weighted by Gasteiger charge is -2.06. The number of carbonyl (C=O) groups excluding carboxylic acids is 1. The summed E-state index contributed by atoms with van der Waals surface area (Å²) < 4.78 is 5.26. The van der Waals surface area contributed by atoms with Crippen molar-refractivity contribution in [2.75, 3.05) is 6.61 Å². The Morgan fingerprint density at radius 3 is 2.64 bits per heavy atom. The van der Waals surface area contributed by atoms with E-state index in [1.165, 1.54) is 36.5 Å². The van der Waals surface area contributed by atoms with E-state index >= 15 is 0 Å². The van der Waals surface area contributed by atoms with Gasteiger partial charge in [-0.05, 0) is 55.0 Å². The number of rotatable bonds is 5. The normalized spacial score (nSPS) is 10.6. The van der Waals surface area contributed by atoms with Crippen molar-refractivity contribution in [1.82, 2.24) is 5.43 Å². The molecule has 2 aromatic carbocycles. The van der Waals surface area contributed by atoms with E-state index in [2.05, 4.69) is 10.5 Å². The second kappa shape index (κ2) is 7.12. The van der Waals surface area contributed by atoms with Crippen molar-refractivity contribution in [2.24, 2.45) is 5.10 Å². The van der Waals surface area contributed by atoms with Crippen molar-refractivity contribution >= 4 is 12.1 Å². The molecule has 0 atom stereocenters. The van der Waals surface area contributed by atoms with Crippen LogP contribution in [0.5, 0.6) is 17.2 Å². The molecule has 0 aromatic heterocycles. The molecule has 0 saturated heterocycles. The average molecular weight is 300 g/mol. The number of hydrazone groups is 1. The number of benzene rings is 2. The first-order valence-corrected chi connectivity index (χ1v) is 6.68. The number of carbonyl (C=O) groups is 1. The summed E-state index contributed by atoms with van der Waals surface area (Å²) in [6, 6.07) is 10.6. The van der Waals surface area contributed by atoms with Crippen molar-refractivity contribution in [3.8, 4) is 17.2 Å². The van der Waals surface area contributed by atoms with Crippen LogP contribution in [0.1, 0.15) is 22.8 Å². The van der Waals surface area contributed by atoms with Crippen LogP contribution in [0.4, 0.5) is 0 Å². The summed E-state index contributed by atoms with van der Waals surface area (Å²) in [5.74, 6) is 0.107. The number of nitrogens with one attached hydrogen (secondary N) is 1. The molecule has 0 saturated carbocycles. The lowest BCUT2D eigenvalue weighted by molar-refractivity contribution is 0.0955. The molecule has 3 N–H and O–H groups in total. The molecule has 2 rings (SSSR count). The van der Waals surface area contributed by atoms with Crippen LogP contribution < -0.4 is 10.2 Å². The Balaban J connectivity index is 2.01. The SMILES string of the molecule is CCOc1cc(/C=N/NC(=O)c2ccc(O)cc2)ccc1O. The summed E-state index contributed by atoms with van der Waals surface area (Å²) in [6.45, 7) is 2.25. The van der Waals surface area contributed by atoms with Gasteiger partial charge >= 0.3 is 0 Å². The summed E-state index contributed by atoms with van der Waals surface area (Å²) in [6.07, 6.45) is 1.44. The highest BCUT2D eigenvalue weighted by molar-refractivity contribution is 5.95. The minimum absolute atomic E-state index is 0.0483. The van der Waals surface area contributed by atoms with Crippen LogP contribution in [0.15, 0.2) is 47.6 Å². The molecule has 0 fully saturated rings. The van der Waals surface area contributed by atoms with Gasteiger partial charge in [0.25, 0.3) is 5.91 Å². The van der Waals surface area contributed by atoms with E-state index in [1.807, 2.05) is 6.92 Å². The Morgan fingerprint density at radius 1 is 1.23 bits per heavy atom. The molecule has 2 aromatic rings. The van der Waals surface area contributed by atoms with Gasteiger partial charge in [0.2, 0.25) is 0 Å². The molecule has 0 unspecified atom stereocenters. The third-order valence-electron chi connectivity index (χ3n) is 2.79. The number of ether oxygens (including phenoxy) is 1. The monoisotopic (exact) mass is 300 g/mol. The van der Waals surface area contributed by atoms with E-state index in [4.69, 9.17) is 9.84 Å². The van der Waals surface area contributed by atoms with Gasteiger partial charge in [0, 0.05) is 5.56 Å². The maximum absolute atomic E-state index is 11.8. The molecule has 0 spiro atoms. The lowest BCUT2D eigenvalue weighted by Crippen LogP contribution is -2.17. The quantitative estimate of drug-likeness (QED) is 0.583. The van der Waals surface area contributed by atoms with Crippen molar-refractivity contribution in [3.63, 3.8) is 0 Å². The van der Waals surface area contributed by atoms with Gasteiger partial charge in [-0.15, -0.1) is 0 Å². The second-order valence-electron chi connectivity index (χ2n) is 4.41. The van der Waals surface area contributed by atoms with Gasteiger partial charge in [-0.3, -0.25) is 4.79 Å². The van der Waals surface area contributed by atoms with Crippen molar-refractivity contribution in [2.45, 2.75) is 6.92 Å². The van der Waals surface area contributed by atoms with Crippen LogP contribution in [-0.4, -0.2) is 28.9 Å². The first-order chi connectivity index (χ1) is 10.6. The largest absolute Gasteiger partial charge is 0.508 e. The Hall–Kier alpha value is -3.02. The summed E-state index contributed by atoms with van der Waals surface area (Å²) in [4.78, 5) is 11.8. The van der Waals surface area contributed by atoms with E-state index in [-0.39, 0.29) is 17.4 Å². The molecule has 114 valence electrons. The van der Waals surface area contributed by atoms with E-state index in [0.717, 1.165) is 0 Å². The highest BCUT2D eigenvalue weighted by Gasteiger charge is 2.04. The fourth-order valence-electron chi connectivity index (χ4n) is 1.72. The number of phenols is 2. The molecule has 0 aliphatic heterocycles. The molecule has 0 bridgehead atoms. The second-order valence-corrected chi connectivity index (χ2v) is 4.41. The Bertz CT molecular complexity index is 681. The van der Waals surface area contributed by atoms with Crippen LogP contribution in [0.2, 0.25) is 0 Å². The number of phenolic OH excluding ortho intramolecular Hbond substituents is 2. The van der Waals surface area contributed by atoms with E-state index < -0.39 is 0 Å². The summed E-state index contributed by atoms with van der Waals surface area (Å²) in [5, 5.41) is 22.6. The van der Waals surface area contributed by atoms with Gasteiger partial charge in [0.1, 0.15) is 5.75 Å². The van der Waals surface area contributed by atoms with Gasteiger partial charge in [-0.25, -0.2) is 5.43 Å². The van der Waals surface area contributed by atoms with Crippen molar-refractivity contribution < 1.29 is 19.7 Å². The minimum atomic E-state index is -0.389. The van der Waals surface area contributed by atoms with Crippen LogP contribution in [-0.2, 0) is 0 Å². The fourth-order valence-corrected chi connectivity index (χ4v) is 1.72. The van der Waals surface area contributed by atoms with E-state index in [0.29, 0.717) is 23.5 Å². The minimum Gasteiger partial charge on any atom is -0.508 e. The van der Waals surface area contributed by atoms with Crippen LogP contribution in [0.3, 0.4) is 0 Å². The summed E-state index contributed by atoms with van der Waals surface area (Å²) in [7, 11) is 0. The third kappa shape index (κ3) is 3.99. The Morgan fingerprint density at radius 2 is 1.95 bits per heavy atom. The molecule has 0 radical (unpaired) electrons. The molecular formula is C16H16N2O4. The summed E-state index contributed by atoms with van der Waals surface area (Å²) in [5.41, 5.74) is 3.44. The number of aromatic hydroxyl groups is 2. The van der Waals surface area contributed by atoms with Gasteiger partial charge < -0.3 is 14.9 Å². The van der Waals surface area contributed by atoms with Crippen LogP contribution in [0, 0.1) is 0 Å². The predicted octanol–water partition coefficient (Wildman–Crippen LogP) is 2.26. The lowest BCUT2D eigenvalue weighted by atomic mass is 10.2. The Labute approximate surface area is 127 Å². The van der Waals surface area contributed by atoms with Gasteiger partial charge in [0.05, 0.1) is 12.8 Å². The molecule has 1 amide bonds. The van der Waals surface area contributed by atoms with Gasteiger partial charge in [0.15, 0.2) is 11.5 Å². The highest BCUT2D eigenvalue weighted by atomic mass is 16.5. The van der Waals surface area contributed by atoms with E-state index in [9.17, 15) is 9.90 Å². The molecule has 6 heteroatoms. The first kappa shape index (κ1) is 15.4. The zero-order valence-electron chi connectivity index (χ0n) is 12.0. The highest BCUT2D eigenvalue weighted by Crippen LogP contribution is 2.26. The number of amides is 1. The van der Waals surface area contributed by atoms with Gasteiger partial charge in [-0.1, -0.05) is 0 Å². The maximum atomic E-state index is 11.8. The van der Waals surface area contributed by atoms with Gasteiger partial charge in [-0.2, -0.15) is 5.10 Å². The first-order valence-electron chi connectivity index (χ1n) is 6.68. The smallest absolute Gasteiger partial charge is 0.271 e. The topological polar surface area (TPSA) is 91.2 Å². The number of hydrogen-bond donors (Lipinski definition) is 3. The standard InChI is InChI=1S/C16H16N2O4/c1-2-22-15-9-11(3-8-14(15)20)10-17-18-16(21)12-4-6-13(19)7-5-12/h3-10,19-20H,2H2,1H3,(H,18,21)/b17-10+. The molecule has 22 heavy (non-hydrogen) atoms. The molecule has 6 nitrogen and oxygen atoms in total. The number of nitrogens with zero attached hydrogens (tertiary/aromatic N) is 1. The zero-order chi connectivity index (χ0) is 15.9. The molecule has 0 aliphatic carbocycles.